The van der Waals surface area contributed by atoms with E-state index in [0.29, 0.717) is 32.6 Å². The van der Waals surface area contributed by atoms with Gasteiger partial charge in [0.2, 0.25) is 5.91 Å². The number of amides is 1. The molecule has 0 unspecified atom stereocenters. The van der Waals surface area contributed by atoms with Crippen LogP contribution in [-0.4, -0.2) is 30.1 Å². The maximum atomic E-state index is 11.9. The van der Waals surface area contributed by atoms with Crippen LogP contribution in [0.3, 0.4) is 0 Å². The Morgan fingerprint density at radius 3 is 2.70 bits per heavy atom. The van der Waals surface area contributed by atoms with Crippen LogP contribution in [-0.2, 0) is 20.9 Å². The monoisotopic (exact) mass is 368 g/mol. The standard InChI is InChI=1S/C21H24N2O4/c1-2-26-21(25)6-4-14-27-19-10-7-17(8-11-19)9-12-20(24)23-16-18-5-3-13-22-15-18/h3,5,7-13,15H,2,4,6,14,16H2,1H3,(H,23,24). The van der Waals surface area contributed by atoms with Crippen molar-refractivity contribution in [2.75, 3.05) is 13.2 Å². The second-order valence-corrected chi connectivity index (χ2v) is 5.74. The van der Waals surface area contributed by atoms with Crippen molar-refractivity contribution in [2.45, 2.75) is 26.3 Å². The molecule has 0 saturated carbocycles. The molecule has 0 aliphatic rings. The molecule has 0 aliphatic carbocycles. The van der Waals surface area contributed by atoms with E-state index in [2.05, 4.69) is 10.3 Å². The van der Waals surface area contributed by atoms with Crippen LogP contribution in [0.4, 0.5) is 0 Å². The van der Waals surface area contributed by atoms with E-state index >= 15 is 0 Å². The number of esters is 1. The summed E-state index contributed by atoms with van der Waals surface area (Å²) in [5.74, 6) is 0.346. The van der Waals surface area contributed by atoms with Crippen molar-refractivity contribution in [1.29, 1.82) is 0 Å². The van der Waals surface area contributed by atoms with Crippen LogP contribution >= 0.6 is 0 Å². The third-order valence-electron chi connectivity index (χ3n) is 3.60. The predicted octanol–water partition coefficient (Wildman–Crippen LogP) is 3.13. The van der Waals surface area contributed by atoms with Crippen LogP contribution < -0.4 is 10.1 Å². The first-order chi connectivity index (χ1) is 13.2. The van der Waals surface area contributed by atoms with Crippen molar-refractivity contribution >= 4 is 18.0 Å². The Bertz CT molecular complexity index is 743. The molecule has 6 nitrogen and oxygen atoms in total. The third kappa shape index (κ3) is 8.18. The summed E-state index contributed by atoms with van der Waals surface area (Å²) in [6.45, 7) is 3.07. The van der Waals surface area contributed by atoms with Crippen LogP contribution in [0.5, 0.6) is 5.75 Å². The van der Waals surface area contributed by atoms with E-state index in [9.17, 15) is 9.59 Å². The summed E-state index contributed by atoms with van der Waals surface area (Å²) in [5.41, 5.74) is 1.84. The average Bonchev–Trinajstić information content (AvgIpc) is 2.70. The number of benzene rings is 1. The van der Waals surface area contributed by atoms with E-state index in [1.807, 2.05) is 36.4 Å². The average molecular weight is 368 g/mol. The Morgan fingerprint density at radius 2 is 2.00 bits per heavy atom. The first-order valence-corrected chi connectivity index (χ1v) is 8.90. The number of nitrogens with zero attached hydrogens (tertiary/aromatic N) is 1. The molecule has 0 aliphatic heterocycles. The molecule has 0 spiro atoms. The van der Waals surface area contributed by atoms with Crippen molar-refractivity contribution in [1.82, 2.24) is 10.3 Å². The molecular formula is C21H24N2O4. The molecule has 6 heteroatoms. The molecule has 1 aromatic carbocycles. The van der Waals surface area contributed by atoms with E-state index in [0.717, 1.165) is 16.9 Å². The van der Waals surface area contributed by atoms with E-state index in [1.54, 1.807) is 25.4 Å². The van der Waals surface area contributed by atoms with Gasteiger partial charge in [0.25, 0.3) is 0 Å². The molecule has 1 amide bonds. The topological polar surface area (TPSA) is 77.5 Å². The van der Waals surface area contributed by atoms with Crippen LogP contribution in [0, 0.1) is 0 Å². The Balaban J connectivity index is 1.70. The second kappa shape index (κ2) is 11.5. The van der Waals surface area contributed by atoms with E-state index in [-0.39, 0.29) is 11.9 Å². The number of rotatable bonds is 10. The molecule has 142 valence electrons. The number of ether oxygens (including phenoxy) is 2. The molecule has 1 aromatic heterocycles. The summed E-state index contributed by atoms with van der Waals surface area (Å²) in [4.78, 5) is 27.1. The SMILES string of the molecule is CCOC(=O)CCCOc1ccc(C=CC(=O)NCc2cccnc2)cc1. The number of nitrogens with one attached hydrogen (secondary N) is 1. The zero-order valence-corrected chi connectivity index (χ0v) is 15.4. The molecule has 1 heterocycles. The predicted molar refractivity (Wildman–Crippen MR) is 103 cm³/mol. The fraction of sp³-hybridized carbons (Fsp3) is 0.286. The summed E-state index contributed by atoms with van der Waals surface area (Å²) >= 11 is 0. The Hall–Kier alpha value is -3.15. The minimum atomic E-state index is -0.205. The summed E-state index contributed by atoms with van der Waals surface area (Å²) in [6.07, 6.45) is 7.60. The molecule has 0 radical (unpaired) electrons. The number of carbonyl (C=O) groups is 2. The normalized spacial score (nSPS) is 10.6. The molecule has 0 fully saturated rings. The van der Waals surface area contributed by atoms with Crippen LogP contribution in [0.15, 0.2) is 54.9 Å². The number of aromatic nitrogens is 1. The highest BCUT2D eigenvalue weighted by Gasteiger charge is 2.02. The van der Waals surface area contributed by atoms with Gasteiger partial charge in [-0.3, -0.25) is 14.6 Å². The van der Waals surface area contributed by atoms with Gasteiger partial charge in [-0.05, 0) is 48.7 Å². The highest BCUT2D eigenvalue weighted by molar-refractivity contribution is 5.91. The van der Waals surface area contributed by atoms with Crippen LogP contribution in [0.1, 0.15) is 30.9 Å². The van der Waals surface area contributed by atoms with Gasteiger partial charge in [-0.2, -0.15) is 0 Å². The van der Waals surface area contributed by atoms with E-state index in [1.165, 1.54) is 6.08 Å². The van der Waals surface area contributed by atoms with Crippen molar-refractivity contribution in [3.63, 3.8) is 0 Å². The molecule has 0 saturated heterocycles. The number of hydrogen-bond acceptors (Lipinski definition) is 5. The third-order valence-corrected chi connectivity index (χ3v) is 3.60. The summed E-state index contributed by atoms with van der Waals surface area (Å²) in [6, 6.07) is 11.1. The van der Waals surface area contributed by atoms with Crippen LogP contribution in [0.2, 0.25) is 0 Å². The lowest BCUT2D eigenvalue weighted by molar-refractivity contribution is -0.143. The fourth-order valence-electron chi connectivity index (χ4n) is 2.24. The zero-order valence-electron chi connectivity index (χ0n) is 15.4. The lowest BCUT2D eigenvalue weighted by Gasteiger charge is -2.06. The van der Waals surface area contributed by atoms with Crippen molar-refractivity contribution in [3.8, 4) is 5.75 Å². The van der Waals surface area contributed by atoms with Gasteiger partial charge < -0.3 is 14.8 Å². The lowest BCUT2D eigenvalue weighted by Crippen LogP contribution is -2.20. The minimum absolute atomic E-state index is 0.168. The highest BCUT2D eigenvalue weighted by atomic mass is 16.5. The summed E-state index contributed by atoms with van der Waals surface area (Å²) < 4.78 is 10.4. The first-order valence-electron chi connectivity index (χ1n) is 8.90. The molecule has 0 bridgehead atoms. The quantitative estimate of drug-likeness (QED) is 0.396. The molecular weight excluding hydrogens is 344 g/mol. The van der Waals surface area contributed by atoms with Gasteiger partial charge in [0.15, 0.2) is 0 Å². The number of carbonyl (C=O) groups excluding carboxylic acids is 2. The smallest absolute Gasteiger partial charge is 0.305 e. The van der Waals surface area contributed by atoms with Gasteiger partial charge in [-0.15, -0.1) is 0 Å². The Morgan fingerprint density at radius 1 is 1.19 bits per heavy atom. The van der Waals surface area contributed by atoms with Crippen molar-refractivity contribution in [2.24, 2.45) is 0 Å². The Kier molecular flexibility index (Phi) is 8.56. The first kappa shape index (κ1) is 20.2. The zero-order chi connectivity index (χ0) is 19.3. The maximum Gasteiger partial charge on any atom is 0.305 e. The fourth-order valence-corrected chi connectivity index (χ4v) is 2.24. The van der Waals surface area contributed by atoms with Crippen molar-refractivity contribution < 1.29 is 19.1 Å². The highest BCUT2D eigenvalue weighted by Crippen LogP contribution is 2.13. The molecule has 27 heavy (non-hydrogen) atoms. The molecule has 1 N–H and O–H groups in total. The van der Waals surface area contributed by atoms with E-state index < -0.39 is 0 Å². The molecule has 2 rings (SSSR count). The van der Waals surface area contributed by atoms with Gasteiger partial charge in [-0.25, -0.2) is 0 Å². The number of pyridine rings is 1. The minimum Gasteiger partial charge on any atom is -0.494 e. The van der Waals surface area contributed by atoms with Gasteiger partial charge in [0, 0.05) is 31.4 Å². The van der Waals surface area contributed by atoms with Gasteiger partial charge in [0.05, 0.1) is 13.2 Å². The maximum absolute atomic E-state index is 11.9. The Labute approximate surface area is 159 Å². The van der Waals surface area contributed by atoms with Crippen LogP contribution in [0.25, 0.3) is 6.08 Å². The van der Waals surface area contributed by atoms with Gasteiger partial charge >= 0.3 is 5.97 Å². The summed E-state index contributed by atoms with van der Waals surface area (Å²) in [5, 5.41) is 2.80. The summed E-state index contributed by atoms with van der Waals surface area (Å²) in [7, 11) is 0. The molecule has 0 atom stereocenters. The molecule has 2 aromatic rings. The van der Waals surface area contributed by atoms with Gasteiger partial charge in [-0.1, -0.05) is 18.2 Å². The van der Waals surface area contributed by atoms with Crippen molar-refractivity contribution in [3.05, 3.63) is 66.0 Å². The van der Waals surface area contributed by atoms with E-state index in [4.69, 9.17) is 9.47 Å². The largest absolute Gasteiger partial charge is 0.494 e. The number of hydrogen-bond donors (Lipinski definition) is 1. The van der Waals surface area contributed by atoms with Gasteiger partial charge in [0.1, 0.15) is 5.75 Å². The lowest BCUT2D eigenvalue weighted by atomic mass is 10.2. The second-order valence-electron chi connectivity index (χ2n) is 5.74.